The number of hydrogen-bond donors (Lipinski definition) is 1. The summed E-state index contributed by atoms with van der Waals surface area (Å²) < 4.78 is 87.5. The van der Waals surface area contributed by atoms with Gasteiger partial charge in [-0.05, 0) is 69.1 Å². The first-order chi connectivity index (χ1) is 20.2. The van der Waals surface area contributed by atoms with Crippen molar-refractivity contribution in [3.63, 3.8) is 0 Å². The van der Waals surface area contributed by atoms with Gasteiger partial charge >= 0.3 is 24.3 Å². The number of hydrogen-bond acceptors (Lipinski definition) is 5. The van der Waals surface area contributed by atoms with E-state index in [1.807, 2.05) is 36.4 Å². The zero-order chi connectivity index (χ0) is 31.8. The van der Waals surface area contributed by atoms with Gasteiger partial charge in [-0.15, -0.1) is 0 Å². The zero-order valence-corrected chi connectivity index (χ0v) is 22.2. The van der Waals surface area contributed by atoms with Gasteiger partial charge in [-0.3, -0.25) is 0 Å². The Bertz CT molecular complexity index is 1610. The molecule has 0 aliphatic heterocycles. The number of ether oxygens (including phenoxy) is 3. The number of benzene rings is 4. The fourth-order valence-corrected chi connectivity index (χ4v) is 3.69. The number of carbonyl (C=O) groups is 2. The summed E-state index contributed by atoms with van der Waals surface area (Å²) >= 11 is 0. The SMILES string of the molecule is C=Cc1ccc2cc(OCC(=O)O)ccc2c1.C=Cc1ccc2cc(OCC(=O)OC(C(F)(F)F)C(F)(F)F)ccc2c1. The Balaban J connectivity index is 0.000000257. The first kappa shape index (κ1) is 32.5. The molecular formula is C31H24F6O6. The van der Waals surface area contributed by atoms with Gasteiger partial charge in [0.1, 0.15) is 11.5 Å². The van der Waals surface area contributed by atoms with Crippen molar-refractivity contribution in [1.82, 2.24) is 0 Å². The first-order valence-electron chi connectivity index (χ1n) is 12.3. The van der Waals surface area contributed by atoms with Crippen molar-refractivity contribution < 1.29 is 55.2 Å². The molecule has 0 radical (unpaired) electrons. The zero-order valence-electron chi connectivity index (χ0n) is 22.2. The Morgan fingerprint density at radius 2 is 1.07 bits per heavy atom. The maximum atomic E-state index is 12.3. The fraction of sp³-hybridized carbons (Fsp3) is 0.161. The number of aliphatic carboxylic acids is 1. The Morgan fingerprint density at radius 3 is 1.47 bits per heavy atom. The van der Waals surface area contributed by atoms with Crippen LogP contribution >= 0.6 is 0 Å². The van der Waals surface area contributed by atoms with Crippen LogP contribution in [0.1, 0.15) is 11.1 Å². The summed E-state index contributed by atoms with van der Waals surface area (Å²) in [6.45, 7) is 5.92. The van der Waals surface area contributed by atoms with Crippen molar-refractivity contribution >= 4 is 45.6 Å². The van der Waals surface area contributed by atoms with Crippen molar-refractivity contribution in [3.05, 3.63) is 97.1 Å². The molecule has 4 rings (SSSR count). The number of alkyl halides is 6. The number of carboxylic acid groups (broad SMARTS) is 1. The molecule has 4 aromatic rings. The Kier molecular flexibility index (Phi) is 10.4. The first-order valence-corrected chi connectivity index (χ1v) is 12.3. The molecule has 12 heteroatoms. The maximum absolute atomic E-state index is 12.3. The highest BCUT2D eigenvalue weighted by Gasteiger charge is 2.59. The minimum atomic E-state index is -5.76. The van der Waals surface area contributed by atoms with Gasteiger partial charge in [0.2, 0.25) is 0 Å². The lowest BCUT2D eigenvalue weighted by molar-refractivity contribution is -0.313. The number of halogens is 6. The van der Waals surface area contributed by atoms with E-state index in [-0.39, 0.29) is 12.4 Å². The summed E-state index contributed by atoms with van der Waals surface area (Å²) in [4.78, 5) is 21.7. The van der Waals surface area contributed by atoms with Crippen LogP contribution in [-0.4, -0.2) is 48.7 Å². The largest absolute Gasteiger partial charge is 0.482 e. The van der Waals surface area contributed by atoms with Crippen molar-refractivity contribution in [3.8, 4) is 11.5 Å². The molecule has 0 fully saturated rings. The third kappa shape index (κ3) is 9.52. The summed E-state index contributed by atoms with van der Waals surface area (Å²) in [5.41, 5.74) is 1.91. The number of esters is 1. The van der Waals surface area contributed by atoms with Gasteiger partial charge in [0.25, 0.3) is 6.10 Å². The van der Waals surface area contributed by atoms with E-state index >= 15 is 0 Å². The van der Waals surface area contributed by atoms with Crippen LogP contribution in [0, 0.1) is 0 Å². The molecule has 0 amide bonds. The van der Waals surface area contributed by atoms with E-state index < -0.39 is 37.0 Å². The molecule has 4 aromatic carbocycles. The van der Waals surface area contributed by atoms with Crippen molar-refractivity contribution in [1.29, 1.82) is 0 Å². The van der Waals surface area contributed by atoms with Gasteiger partial charge < -0.3 is 19.3 Å². The normalized spacial score (nSPS) is 11.4. The molecule has 1 N–H and O–H groups in total. The van der Waals surface area contributed by atoms with Crippen molar-refractivity contribution in [2.24, 2.45) is 0 Å². The molecule has 226 valence electrons. The van der Waals surface area contributed by atoms with Gasteiger partial charge in [0, 0.05) is 0 Å². The van der Waals surface area contributed by atoms with Crippen LogP contribution in [0.4, 0.5) is 26.3 Å². The summed E-state index contributed by atoms with van der Waals surface area (Å²) in [7, 11) is 0. The summed E-state index contributed by atoms with van der Waals surface area (Å²) in [6.07, 6.45) is -12.3. The van der Waals surface area contributed by atoms with Crippen molar-refractivity contribution in [2.75, 3.05) is 13.2 Å². The molecule has 0 aliphatic rings. The predicted octanol–water partition coefficient (Wildman–Crippen LogP) is 7.84. The minimum absolute atomic E-state index is 0.0939. The van der Waals surface area contributed by atoms with Crippen LogP contribution in [0.5, 0.6) is 11.5 Å². The standard InChI is InChI=1S/C17H12F6O3.C14H12O3/c1-2-10-3-4-12-8-13(6-5-11(12)7-10)25-9-14(24)26-15(16(18,19)20)17(21,22)23;1-2-10-3-4-12-8-13(17-9-14(15)16)6-5-11(12)7-10/h2-8,15H,1,9H2;2-8H,1,9H2,(H,15,16). The Labute approximate surface area is 241 Å². The van der Waals surface area contributed by atoms with Crippen LogP contribution < -0.4 is 9.47 Å². The lowest BCUT2D eigenvalue weighted by Crippen LogP contribution is -2.46. The molecule has 43 heavy (non-hydrogen) atoms. The van der Waals surface area contributed by atoms with E-state index in [1.165, 1.54) is 12.1 Å². The van der Waals surface area contributed by atoms with E-state index in [2.05, 4.69) is 17.9 Å². The number of carboxylic acids is 1. The third-order valence-electron chi connectivity index (χ3n) is 5.71. The molecule has 6 nitrogen and oxygen atoms in total. The van der Waals surface area contributed by atoms with Gasteiger partial charge in [0.05, 0.1) is 0 Å². The van der Waals surface area contributed by atoms with Crippen LogP contribution in [0.15, 0.2) is 86.0 Å². The van der Waals surface area contributed by atoms with E-state index in [4.69, 9.17) is 14.6 Å². The highest BCUT2D eigenvalue weighted by Crippen LogP contribution is 2.35. The van der Waals surface area contributed by atoms with Crippen LogP contribution in [0.2, 0.25) is 0 Å². The number of rotatable bonds is 9. The second kappa shape index (κ2) is 13.8. The van der Waals surface area contributed by atoms with E-state index in [0.29, 0.717) is 11.1 Å². The smallest absolute Gasteiger partial charge is 0.434 e. The lowest BCUT2D eigenvalue weighted by atomic mass is 10.1. The molecule has 0 aromatic heterocycles. The summed E-state index contributed by atoms with van der Waals surface area (Å²) in [5, 5.41) is 12.1. The Hall–Kier alpha value is -5.00. The summed E-state index contributed by atoms with van der Waals surface area (Å²) in [6, 6.07) is 21.2. The third-order valence-corrected chi connectivity index (χ3v) is 5.71. The topological polar surface area (TPSA) is 82.1 Å². The highest BCUT2D eigenvalue weighted by molar-refractivity contribution is 5.87. The molecule has 0 spiro atoms. The van der Waals surface area contributed by atoms with Gasteiger partial charge in [-0.1, -0.05) is 61.7 Å². The molecule has 0 unspecified atom stereocenters. The highest BCUT2D eigenvalue weighted by atomic mass is 19.4. The average Bonchev–Trinajstić information content (AvgIpc) is 2.96. The van der Waals surface area contributed by atoms with Crippen molar-refractivity contribution in [2.45, 2.75) is 18.5 Å². The quantitative estimate of drug-likeness (QED) is 0.154. The number of fused-ring (bicyclic) bond motifs is 2. The maximum Gasteiger partial charge on any atom is 0.434 e. The Morgan fingerprint density at radius 1 is 0.674 bits per heavy atom. The van der Waals surface area contributed by atoms with Gasteiger partial charge in [0.15, 0.2) is 13.2 Å². The molecule has 0 heterocycles. The number of carbonyl (C=O) groups excluding carboxylic acids is 1. The van der Waals surface area contributed by atoms with E-state index in [9.17, 15) is 35.9 Å². The second-order valence-corrected chi connectivity index (χ2v) is 8.87. The van der Waals surface area contributed by atoms with Crippen LogP contribution in [0.25, 0.3) is 33.7 Å². The average molecular weight is 607 g/mol. The molecule has 0 aliphatic carbocycles. The molecule has 0 atom stereocenters. The van der Waals surface area contributed by atoms with Gasteiger partial charge in [-0.25, -0.2) is 9.59 Å². The van der Waals surface area contributed by atoms with E-state index in [0.717, 1.165) is 27.3 Å². The predicted molar refractivity (Wildman–Crippen MR) is 149 cm³/mol. The fourth-order valence-electron chi connectivity index (χ4n) is 3.69. The summed E-state index contributed by atoms with van der Waals surface area (Å²) in [5.74, 6) is -2.11. The minimum Gasteiger partial charge on any atom is -0.482 e. The van der Waals surface area contributed by atoms with E-state index in [1.54, 1.807) is 36.4 Å². The molecular weight excluding hydrogens is 582 g/mol. The van der Waals surface area contributed by atoms with Crippen LogP contribution in [-0.2, 0) is 14.3 Å². The second-order valence-electron chi connectivity index (χ2n) is 8.87. The van der Waals surface area contributed by atoms with Crippen LogP contribution in [0.3, 0.4) is 0 Å². The van der Waals surface area contributed by atoms with Gasteiger partial charge in [-0.2, -0.15) is 26.3 Å². The molecule has 0 saturated carbocycles. The lowest BCUT2D eigenvalue weighted by Gasteiger charge is -2.22. The molecule has 0 saturated heterocycles. The molecule has 0 bridgehead atoms. The monoisotopic (exact) mass is 606 g/mol.